The molecule has 4 heteroatoms. The number of rotatable bonds is 4. The number of carbonyl (C=O) groups is 1. The summed E-state index contributed by atoms with van der Waals surface area (Å²) in [7, 11) is 0. The highest BCUT2D eigenvalue weighted by molar-refractivity contribution is 5.92. The van der Waals surface area contributed by atoms with E-state index in [2.05, 4.69) is 17.2 Å². The van der Waals surface area contributed by atoms with Gasteiger partial charge in [-0.1, -0.05) is 30.3 Å². The average Bonchev–Trinajstić information content (AvgIpc) is 2.76. The number of carbonyl (C=O) groups excluding carboxylic acids is 1. The molecule has 0 aliphatic carbocycles. The third kappa shape index (κ3) is 2.48. The zero-order chi connectivity index (χ0) is 11.4. The topological polar surface area (TPSA) is 60.9 Å². The van der Waals surface area contributed by atoms with Crippen LogP contribution in [-0.4, -0.2) is 15.7 Å². The lowest BCUT2D eigenvalue weighted by Crippen LogP contribution is -2.09. The first-order valence-corrected chi connectivity index (χ1v) is 5.12. The van der Waals surface area contributed by atoms with Gasteiger partial charge in [0.2, 0.25) is 0 Å². The summed E-state index contributed by atoms with van der Waals surface area (Å²) < 4.78 is 1.73. The molecule has 0 unspecified atom stereocenters. The van der Waals surface area contributed by atoms with Crippen LogP contribution in [-0.2, 0) is 13.0 Å². The summed E-state index contributed by atoms with van der Waals surface area (Å²) in [6.45, 7) is 0.747. The Balaban J connectivity index is 1.97. The normalized spacial score (nSPS) is 10.2. The van der Waals surface area contributed by atoms with Gasteiger partial charge in [-0.05, 0) is 12.0 Å². The van der Waals surface area contributed by atoms with Crippen molar-refractivity contribution in [2.24, 2.45) is 5.73 Å². The molecule has 0 saturated heterocycles. The van der Waals surface area contributed by atoms with Crippen LogP contribution < -0.4 is 5.73 Å². The first-order chi connectivity index (χ1) is 7.75. The Bertz CT molecular complexity index is 476. The minimum atomic E-state index is -0.439. The second-order valence-electron chi connectivity index (χ2n) is 3.59. The number of amides is 1. The molecule has 0 atom stereocenters. The average molecular weight is 215 g/mol. The number of aromatic nitrogens is 2. The smallest absolute Gasteiger partial charge is 0.251 e. The fraction of sp³-hybridized carbons (Fsp3) is 0.167. The van der Waals surface area contributed by atoms with Crippen molar-refractivity contribution in [3.63, 3.8) is 0 Å². The zero-order valence-corrected chi connectivity index (χ0v) is 8.84. The molecule has 0 spiro atoms. The highest BCUT2D eigenvalue weighted by Gasteiger charge is 2.03. The summed E-state index contributed by atoms with van der Waals surface area (Å²) in [6.07, 6.45) is 4.05. The number of primary amides is 1. The molecule has 1 amide bonds. The minimum Gasteiger partial charge on any atom is -0.366 e. The maximum atomic E-state index is 10.9. The molecule has 0 fully saturated rings. The van der Waals surface area contributed by atoms with E-state index in [0.717, 1.165) is 13.0 Å². The van der Waals surface area contributed by atoms with Crippen molar-refractivity contribution in [1.82, 2.24) is 9.78 Å². The van der Waals surface area contributed by atoms with Crippen LogP contribution in [0.1, 0.15) is 15.9 Å². The van der Waals surface area contributed by atoms with Crippen molar-refractivity contribution in [2.75, 3.05) is 0 Å². The third-order valence-electron chi connectivity index (χ3n) is 2.39. The first-order valence-electron chi connectivity index (χ1n) is 5.12. The molecule has 82 valence electrons. The van der Waals surface area contributed by atoms with E-state index in [1.165, 1.54) is 11.8 Å². The molecular formula is C12H13N3O. The van der Waals surface area contributed by atoms with Crippen molar-refractivity contribution in [3.05, 3.63) is 53.9 Å². The maximum absolute atomic E-state index is 10.9. The van der Waals surface area contributed by atoms with Crippen LogP contribution in [0.3, 0.4) is 0 Å². The van der Waals surface area contributed by atoms with E-state index in [-0.39, 0.29) is 0 Å². The second kappa shape index (κ2) is 4.61. The van der Waals surface area contributed by atoms with E-state index in [9.17, 15) is 4.79 Å². The molecule has 1 aromatic carbocycles. The summed E-state index contributed by atoms with van der Waals surface area (Å²) in [5, 5.41) is 4.07. The number of hydrogen-bond donors (Lipinski definition) is 1. The van der Waals surface area contributed by atoms with Gasteiger partial charge in [0.15, 0.2) is 0 Å². The van der Waals surface area contributed by atoms with E-state index >= 15 is 0 Å². The van der Waals surface area contributed by atoms with E-state index in [0.29, 0.717) is 5.56 Å². The lowest BCUT2D eigenvalue weighted by molar-refractivity contribution is 0.1000. The van der Waals surface area contributed by atoms with Gasteiger partial charge in [0.05, 0.1) is 11.8 Å². The number of benzene rings is 1. The van der Waals surface area contributed by atoms with Gasteiger partial charge in [-0.15, -0.1) is 0 Å². The van der Waals surface area contributed by atoms with Crippen molar-refractivity contribution >= 4 is 5.91 Å². The molecule has 0 aliphatic rings. The molecule has 1 aromatic heterocycles. The number of aryl methyl sites for hydroxylation is 2. The van der Waals surface area contributed by atoms with Gasteiger partial charge >= 0.3 is 0 Å². The maximum Gasteiger partial charge on any atom is 0.251 e. The summed E-state index contributed by atoms with van der Waals surface area (Å²) in [6, 6.07) is 10.1. The van der Waals surface area contributed by atoms with Crippen LogP contribution in [0.25, 0.3) is 0 Å². The van der Waals surface area contributed by atoms with Gasteiger partial charge in [0.25, 0.3) is 5.91 Å². The van der Waals surface area contributed by atoms with Gasteiger partial charge in [0.1, 0.15) is 0 Å². The molecular weight excluding hydrogens is 202 g/mol. The molecule has 4 nitrogen and oxygen atoms in total. The Morgan fingerprint density at radius 3 is 2.69 bits per heavy atom. The molecule has 0 saturated carbocycles. The van der Waals surface area contributed by atoms with Crippen LogP contribution in [0.2, 0.25) is 0 Å². The Kier molecular flexibility index (Phi) is 3.00. The van der Waals surface area contributed by atoms with E-state index < -0.39 is 5.91 Å². The van der Waals surface area contributed by atoms with Gasteiger partial charge in [0, 0.05) is 12.7 Å². The summed E-state index contributed by atoms with van der Waals surface area (Å²) in [4.78, 5) is 10.9. The van der Waals surface area contributed by atoms with Crippen LogP contribution in [0.5, 0.6) is 0 Å². The SMILES string of the molecule is NC(=O)c1cnn(CCc2ccccc2)c1. The Hall–Kier alpha value is -2.10. The van der Waals surface area contributed by atoms with E-state index in [1.807, 2.05) is 18.2 Å². The van der Waals surface area contributed by atoms with Crippen molar-refractivity contribution in [2.45, 2.75) is 13.0 Å². The highest BCUT2D eigenvalue weighted by Crippen LogP contribution is 2.02. The molecule has 16 heavy (non-hydrogen) atoms. The Morgan fingerprint density at radius 2 is 2.06 bits per heavy atom. The Labute approximate surface area is 93.7 Å². The molecule has 2 rings (SSSR count). The van der Waals surface area contributed by atoms with Gasteiger partial charge < -0.3 is 5.73 Å². The first kappa shape index (κ1) is 10.4. The Morgan fingerprint density at radius 1 is 1.31 bits per heavy atom. The summed E-state index contributed by atoms with van der Waals surface area (Å²) in [5.74, 6) is -0.439. The quantitative estimate of drug-likeness (QED) is 0.833. The van der Waals surface area contributed by atoms with E-state index in [4.69, 9.17) is 5.73 Å². The fourth-order valence-corrected chi connectivity index (χ4v) is 1.50. The minimum absolute atomic E-state index is 0.439. The van der Waals surface area contributed by atoms with Gasteiger partial charge in [-0.3, -0.25) is 9.48 Å². The summed E-state index contributed by atoms with van der Waals surface area (Å²) in [5.41, 5.74) is 6.84. The van der Waals surface area contributed by atoms with Crippen LogP contribution in [0.15, 0.2) is 42.7 Å². The molecule has 1 heterocycles. The molecule has 0 aliphatic heterocycles. The largest absolute Gasteiger partial charge is 0.366 e. The number of nitrogens with zero attached hydrogens (tertiary/aromatic N) is 2. The fourth-order valence-electron chi connectivity index (χ4n) is 1.50. The molecule has 0 radical (unpaired) electrons. The van der Waals surface area contributed by atoms with Crippen LogP contribution in [0, 0.1) is 0 Å². The molecule has 2 aromatic rings. The molecule has 0 bridgehead atoms. The van der Waals surface area contributed by atoms with Gasteiger partial charge in [-0.2, -0.15) is 5.10 Å². The lowest BCUT2D eigenvalue weighted by atomic mass is 10.1. The predicted octanol–water partition coefficient (Wildman–Crippen LogP) is 1.22. The van der Waals surface area contributed by atoms with Crippen molar-refractivity contribution in [3.8, 4) is 0 Å². The number of nitrogens with two attached hydrogens (primary N) is 1. The molecule has 2 N–H and O–H groups in total. The van der Waals surface area contributed by atoms with Crippen LogP contribution in [0.4, 0.5) is 0 Å². The van der Waals surface area contributed by atoms with Crippen molar-refractivity contribution < 1.29 is 4.79 Å². The zero-order valence-electron chi connectivity index (χ0n) is 8.84. The summed E-state index contributed by atoms with van der Waals surface area (Å²) >= 11 is 0. The monoisotopic (exact) mass is 215 g/mol. The second-order valence-corrected chi connectivity index (χ2v) is 3.59. The third-order valence-corrected chi connectivity index (χ3v) is 2.39. The standard InChI is InChI=1S/C12H13N3O/c13-12(16)11-8-14-15(9-11)7-6-10-4-2-1-3-5-10/h1-5,8-9H,6-7H2,(H2,13,16). The lowest BCUT2D eigenvalue weighted by Gasteiger charge is -2.01. The van der Waals surface area contributed by atoms with Gasteiger partial charge in [-0.25, -0.2) is 0 Å². The highest BCUT2D eigenvalue weighted by atomic mass is 16.1. The van der Waals surface area contributed by atoms with E-state index in [1.54, 1.807) is 10.9 Å². The number of hydrogen-bond acceptors (Lipinski definition) is 2. The van der Waals surface area contributed by atoms with Crippen LogP contribution >= 0.6 is 0 Å². The predicted molar refractivity (Wildman–Crippen MR) is 60.9 cm³/mol. The van der Waals surface area contributed by atoms with Crippen molar-refractivity contribution in [1.29, 1.82) is 0 Å².